The first-order chi connectivity index (χ1) is 33.0. The number of ether oxygens (including phenoxy) is 1. The van der Waals surface area contributed by atoms with E-state index in [9.17, 15) is 0 Å². The van der Waals surface area contributed by atoms with Crippen molar-refractivity contribution in [3.05, 3.63) is 234 Å². The summed E-state index contributed by atoms with van der Waals surface area (Å²) in [6.45, 7) is 22.6. The van der Waals surface area contributed by atoms with Crippen LogP contribution in [0.4, 0.5) is 0 Å². The maximum absolute atomic E-state index is 6.98. The van der Waals surface area contributed by atoms with E-state index in [0.717, 1.165) is 55.8 Å². The average Bonchev–Trinajstić information content (AvgIpc) is 3.96. The Bertz CT molecular complexity index is 3480. The molecule has 0 spiro atoms. The van der Waals surface area contributed by atoms with Gasteiger partial charge in [-0.2, -0.15) is 12.1 Å². The van der Waals surface area contributed by atoms with E-state index in [4.69, 9.17) is 9.72 Å². The van der Waals surface area contributed by atoms with Gasteiger partial charge >= 0.3 is 0 Å². The minimum absolute atomic E-state index is 0. The van der Waals surface area contributed by atoms with Gasteiger partial charge in [0, 0.05) is 55.9 Å². The zero-order valence-electron chi connectivity index (χ0n) is 41.8. The van der Waals surface area contributed by atoms with Gasteiger partial charge in [0.25, 0.3) is 6.33 Å². The normalized spacial score (nSPS) is 12.3. The Labute approximate surface area is 428 Å². The molecule has 3 heterocycles. The van der Waals surface area contributed by atoms with Crippen LogP contribution in [0.25, 0.3) is 50.1 Å². The monoisotopic (exact) mass is 1100 g/mol. The van der Waals surface area contributed by atoms with Crippen LogP contribution in [0.2, 0.25) is 0 Å². The smallest absolute Gasteiger partial charge is 0.267 e. The predicted molar refractivity (Wildman–Crippen MR) is 282 cm³/mol. The Morgan fingerprint density at radius 1 is 0.529 bits per heavy atom. The first-order valence-corrected chi connectivity index (χ1v) is 24.0. The molecule has 0 fully saturated rings. The fraction of sp³-hybridized carbons (Fsp3) is 0.219. The van der Waals surface area contributed by atoms with E-state index in [1.807, 2.05) is 18.3 Å². The van der Waals surface area contributed by atoms with Crippen LogP contribution in [0, 0.1) is 18.5 Å². The van der Waals surface area contributed by atoms with Crippen LogP contribution in [-0.2, 0) is 42.7 Å². The molecule has 6 heteroatoms. The Kier molecular flexibility index (Phi) is 12.7. The van der Waals surface area contributed by atoms with Crippen molar-refractivity contribution in [2.24, 2.45) is 0 Å². The van der Waals surface area contributed by atoms with Gasteiger partial charge in [0.1, 0.15) is 5.82 Å². The fourth-order valence-corrected chi connectivity index (χ4v) is 9.68. The zero-order chi connectivity index (χ0) is 48.3. The molecule has 0 saturated carbocycles. The Hall–Kier alpha value is -6.81. The fourth-order valence-electron chi connectivity index (χ4n) is 9.68. The van der Waals surface area contributed by atoms with Crippen LogP contribution in [0.5, 0.6) is 11.5 Å². The number of para-hydroxylation sites is 1. The molecule has 0 aliphatic rings. The molecule has 5 nitrogen and oxygen atoms in total. The quantitative estimate of drug-likeness (QED) is 0.101. The van der Waals surface area contributed by atoms with E-state index < -0.39 is 5.41 Å². The van der Waals surface area contributed by atoms with Crippen LogP contribution in [0.3, 0.4) is 0 Å². The minimum atomic E-state index is -0.406. The molecule has 0 bridgehead atoms. The number of nitrogens with zero attached hydrogens (tertiary/aromatic N) is 4. The molecule has 10 rings (SSSR count). The largest absolute Gasteiger partial charge is 0.510 e. The van der Waals surface area contributed by atoms with Gasteiger partial charge < -0.3 is 13.9 Å². The number of benzene rings is 7. The Morgan fingerprint density at radius 2 is 1.17 bits per heavy atom. The van der Waals surface area contributed by atoms with Crippen LogP contribution in [0.15, 0.2) is 182 Å². The van der Waals surface area contributed by atoms with Crippen molar-refractivity contribution >= 4 is 21.8 Å². The van der Waals surface area contributed by atoms with Gasteiger partial charge in [0.2, 0.25) is 0 Å². The van der Waals surface area contributed by atoms with Gasteiger partial charge in [-0.05, 0) is 91.0 Å². The van der Waals surface area contributed by atoms with Crippen molar-refractivity contribution in [1.29, 1.82) is 0 Å². The molecular formula is C64H60N4OPt-2. The van der Waals surface area contributed by atoms with Crippen LogP contribution >= 0.6 is 0 Å². The maximum Gasteiger partial charge on any atom is 0.267 e. The zero-order valence-corrected chi connectivity index (χ0v) is 44.1. The molecule has 0 radical (unpaired) electrons. The topological polar surface area (TPSA) is 35.9 Å². The van der Waals surface area contributed by atoms with E-state index in [-0.39, 0.29) is 37.3 Å². The molecule has 0 unspecified atom stereocenters. The van der Waals surface area contributed by atoms with Crippen LogP contribution in [-0.4, -0.2) is 14.1 Å². The maximum atomic E-state index is 6.98. The summed E-state index contributed by atoms with van der Waals surface area (Å²) in [5, 5.41) is 2.27. The van der Waals surface area contributed by atoms with Gasteiger partial charge in [-0.1, -0.05) is 195 Å². The molecule has 3 aromatic heterocycles. The van der Waals surface area contributed by atoms with Crippen molar-refractivity contribution < 1.29 is 30.4 Å². The van der Waals surface area contributed by atoms with Gasteiger partial charge in [0.15, 0.2) is 0 Å². The SMILES string of the molecule is CC(C)(C)c1ccnc(-n2c3[c-]c(Oc4[c-]c(-n5[c-][n+](-c6cc(-c7ccccc7)cc(C(C)(C)c7ccccc7)c6)cc5C(C)(C)C)ccc4)cc(C(C)(C)c4ccccc4)c3c3ccccc32)c1.[Pt]. The summed E-state index contributed by atoms with van der Waals surface area (Å²) >= 11 is 0. The summed E-state index contributed by atoms with van der Waals surface area (Å²) in [7, 11) is 0. The number of hydrogen-bond acceptors (Lipinski definition) is 2. The molecule has 0 amide bonds. The molecule has 70 heavy (non-hydrogen) atoms. The van der Waals surface area contributed by atoms with Crippen LogP contribution < -0.4 is 9.30 Å². The first-order valence-electron chi connectivity index (χ1n) is 24.0. The molecule has 10 aromatic rings. The predicted octanol–water partition coefficient (Wildman–Crippen LogP) is 15.4. The second-order valence-corrected chi connectivity index (χ2v) is 21.5. The van der Waals surface area contributed by atoms with Crippen molar-refractivity contribution in [2.45, 2.75) is 90.9 Å². The molecule has 354 valence electrons. The van der Waals surface area contributed by atoms with Crippen molar-refractivity contribution in [2.75, 3.05) is 0 Å². The number of fused-ring (bicyclic) bond motifs is 3. The molecule has 0 atom stereocenters. The second-order valence-electron chi connectivity index (χ2n) is 21.5. The summed E-state index contributed by atoms with van der Waals surface area (Å²) in [4.78, 5) is 4.99. The van der Waals surface area contributed by atoms with E-state index >= 15 is 0 Å². The molecular weight excluding hydrogens is 1040 g/mol. The molecule has 0 aliphatic carbocycles. The number of pyridine rings is 1. The number of imidazole rings is 1. The van der Waals surface area contributed by atoms with E-state index in [1.165, 1.54) is 27.8 Å². The third-order valence-electron chi connectivity index (χ3n) is 13.9. The van der Waals surface area contributed by atoms with Gasteiger partial charge in [0.05, 0.1) is 11.4 Å². The van der Waals surface area contributed by atoms with Crippen LogP contribution in [0.1, 0.15) is 103 Å². The molecule has 0 saturated heterocycles. The Balaban J connectivity index is 0.00000608. The standard InChI is InChI=1S/C64H60N4O.Pt/c1-61(2,3)48-33-34-65-59(38-48)68-56-32-21-20-31-54(56)60-55(64(9,10)47-27-18-13-19-28-47)40-53(41-57(60)68)69-52-30-22-29-50(39-52)67-43-66(42-58(67)62(4,5)6)51-36-45(44-23-14-11-15-24-44)35-49(37-51)63(7,8)46-25-16-12-17-26-46;/h11-38,40,42H,1-10H3;/q-2;. The Morgan fingerprint density at radius 3 is 1.84 bits per heavy atom. The first kappa shape index (κ1) is 48.2. The summed E-state index contributed by atoms with van der Waals surface area (Å²) in [6.07, 6.45) is 7.90. The number of rotatable bonds is 10. The van der Waals surface area contributed by atoms with Gasteiger partial charge in [-0.3, -0.25) is 4.57 Å². The summed E-state index contributed by atoms with van der Waals surface area (Å²) in [5.41, 5.74) is 12.3. The third kappa shape index (κ3) is 9.09. The molecule has 0 aliphatic heterocycles. The molecule has 7 aromatic carbocycles. The minimum Gasteiger partial charge on any atom is -0.510 e. The van der Waals surface area contributed by atoms with Gasteiger partial charge in [-0.15, -0.1) is 29.8 Å². The van der Waals surface area contributed by atoms with Crippen molar-refractivity contribution in [3.63, 3.8) is 0 Å². The summed E-state index contributed by atoms with van der Waals surface area (Å²) in [5.74, 6) is 2.02. The number of aromatic nitrogens is 4. The van der Waals surface area contributed by atoms with E-state index in [1.54, 1.807) is 0 Å². The molecule has 0 N–H and O–H groups in total. The third-order valence-corrected chi connectivity index (χ3v) is 13.9. The van der Waals surface area contributed by atoms with Crippen molar-refractivity contribution in [3.8, 4) is 39.8 Å². The summed E-state index contributed by atoms with van der Waals surface area (Å²) in [6, 6.07) is 67.7. The number of hydrogen-bond donors (Lipinski definition) is 0. The summed E-state index contributed by atoms with van der Waals surface area (Å²) < 4.78 is 13.5. The van der Waals surface area contributed by atoms with Crippen molar-refractivity contribution in [1.82, 2.24) is 14.1 Å². The van der Waals surface area contributed by atoms with Gasteiger partial charge in [-0.25, -0.2) is 4.98 Å². The average molecular weight is 1100 g/mol. The van der Waals surface area contributed by atoms with E-state index in [0.29, 0.717) is 11.5 Å². The van der Waals surface area contributed by atoms with E-state index in [2.05, 4.69) is 265 Å². The second kappa shape index (κ2) is 18.5.